The van der Waals surface area contributed by atoms with Crippen molar-refractivity contribution in [2.24, 2.45) is 5.14 Å². The molecule has 0 aromatic heterocycles. The third kappa shape index (κ3) is 3.36. The number of benzene rings is 1. The maximum atomic E-state index is 11.5. The van der Waals surface area contributed by atoms with Crippen LogP contribution in [-0.2, 0) is 10.0 Å². The van der Waals surface area contributed by atoms with Gasteiger partial charge in [0.25, 0.3) is 0 Å². The predicted octanol–water partition coefficient (Wildman–Crippen LogP) is 2.44. The minimum atomic E-state index is -3.68. The molecule has 1 atom stereocenters. The normalized spacial score (nSPS) is 19.4. The smallest absolute Gasteiger partial charge is 0.238 e. The van der Waals surface area contributed by atoms with Crippen LogP contribution in [0.25, 0.3) is 0 Å². The summed E-state index contributed by atoms with van der Waals surface area (Å²) in [6.45, 7) is 3.46. The molecule has 0 fully saturated rings. The van der Waals surface area contributed by atoms with Gasteiger partial charge in [0.15, 0.2) is 0 Å². The summed E-state index contributed by atoms with van der Waals surface area (Å²) in [5.74, 6) is 0.693. The maximum Gasteiger partial charge on any atom is 0.238 e. The fraction of sp³-hybridized carbons (Fsp3) is 0.429. The lowest BCUT2D eigenvalue weighted by molar-refractivity contribution is 0.229. The first kappa shape index (κ1) is 14.1. The number of hydrogen-bond donors (Lipinski definition) is 1. The van der Waals surface area contributed by atoms with Crippen molar-refractivity contribution in [3.8, 4) is 5.75 Å². The first-order valence-electron chi connectivity index (χ1n) is 6.35. The molecule has 0 heterocycles. The number of allylic oxidation sites excluding steroid dienone is 1. The lowest BCUT2D eigenvalue weighted by Crippen LogP contribution is -2.18. The van der Waals surface area contributed by atoms with Gasteiger partial charge in [-0.3, -0.25) is 0 Å². The van der Waals surface area contributed by atoms with E-state index in [1.807, 2.05) is 0 Å². The van der Waals surface area contributed by atoms with Gasteiger partial charge >= 0.3 is 0 Å². The number of aryl methyl sites for hydroxylation is 2. The molecule has 1 aliphatic rings. The highest BCUT2D eigenvalue weighted by atomic mass is 32.2. The van der Waals surface area contributed by atoms with Crippen molar-refractivity contribution in [3.63, 3.8) is 0 Å². The topological polar surface area (TPSA) is 69.4 Å². The molecule has 104 valence electrons. The molecule has 0 bridgehead atoms. The molecule has 1 unspecified atom stereocenters. The zero-order chi connectivity index (χ0) is 14.0. The van der Waals surface area contributed by atoms with Gasteiger partial charge in [0.2, 0.25) is 10.0 Å². The summed E-state index contributed by atoms with van der Waals surface area (Å²) < 4.78 is 28.9. The van der Waals surface area contributed by atoms with Crippen molar-refractivity contribution in [2.75, 3.05) is 0 Å². The second kappa shape index (κ2) is 5.35. The van der Waals surface area contributed by atoms with Crippen molar-refractivity contribution in [1.29, 1.82) is 0 Å². The van der Waals surface area contributed by atoms with Gasteiger partial charge in [0, 0.05) is 0 Å². The molecule has 5 heteroatoms. The summed E-state index contributed by atoms with van der Waals surface area (Å²) in [6, 6.07) is 3.46. The van der Waals surface area contributed by atoms with Gasteiger partial charge in [-0.05, 0) is 62.4 Å². The van der Waals surface area contributed by atoms with E-state index in [0.717, 1.165) is 19.3 Å². The molecule has 0 radical (unpaired) electrons. The lowest BCUT2D eigenvalue weighted by Gasteiger charge is -2.20. The number of rotatable bonds is 3. The Morgan fingerprint density at radius 1 is 1.26 bits per heavy atom. The van der Waals surface area contributed by atoms with Crippen LogP contribution in [0.15, 0.2) is 29.2 Å². The monoisotopic (exact) mass is 281 g/mol. The fourth-order valence-electron chi connectivity index (χ4n) is 2.48. The quantitative estimate of drug-likeness (QED) is 0.865. The SMILES string of the molecule is Cc1cc(OC2C=CCCC2)cc(C)c1S(N)(=O)=O. The largest absolute Gasteiger partial charge is 0.486 e. The molecule has 0 spiro atoms. The van der Waals surface area contributed by atoms with Gasteiger partial charge in [-0.1, -0.05) is 6.08 Å². The number of nitrogens with two attached hydrogens (primary N) is 1. The van der Waals surface area contributed by atoms with E-state index in [-0.39, 0.29) is 11.0 Å². The van der Waals surface area contributed by atoms with Gasteiger partial charge in [-0.2, -0.15) is 0 Å². The predicted molar refractivity (Wildman–Crippen MR) is 74.7 cm³/mol. The molecule has 1 aliphatic carbocycles. The average Bonchev–Trinajstić information content (AvgIpc) is 2.27. The first-order chi connectivity index (χ1) is 8.88. The molecule has 2 rings (SSSR count). The lowest BCUT2D eigenvalue weighted by atomic mass is 10.1. The van der Waals surface area contributed by atoms with Crippen LogP contribution >= 0.6 is 0 Å². The van der Waals surface area contributed by atoms with E-state index in [2.05, 4.69) is 12.2 Å². The molecule has 0 saturated heterocycles. The van der Waals surface area contributed by atoms with Crippen LogP contribution in [0.1, 0.15) is 30.4 Å². The van der Waals surface area contributed by atoms with Gasteiger partial charge < -0.3 is 4.74 Å². The minimum absolute atomic E-state index is 0.0767. The van der Waals surface area contributed by atoms with Gasteiger partial charge in [0.1, 0.15) is 11.9 Å². The summed E-state index contributed by atoms with van der Waals surface area (Å²) in [7, 11) is -3.68. The molecule has 1 aromatic carbocycles. The standard InChI is InChI=1S/C14H19NO3S/c1-10-8-13(18-12-6-4-3-5-7-12)9-11(2)14(10)19(15,16)17/h4,6,8-9,12H,3,5,7H2,1-2H3,(H2,15,16,17). The molecule has 0 aliphatic heterocycles. The summed E-state index contributed by atoms with van der Waals surface area (Å²) in [5.41, 5.74) is 1.24. The van der Waals surface area contributed by atoms with Gasteiger partial charge in [-0.15, -0.1) is 0 Å². The van der Waals surface area contributed by atoms with Crippen molar-refractivity contribution in [2.45, 2.75) is 44.1 Å². The zero-order valence-corrected chi connectivity index (χ0v) is 12.0. The number of primary sulfonamides is 1. The maximum absolute atomic E-state index is 11.5. The Hall–Kier alpha value is -1.33. The minimum Gasteiger partial charge on any atom is -0.486 e. The second-order valence-corrected chi connectivity index (χ2v) is 6.44. The third-order valence-corrected chi connectivity index (χ3v) is 4.43. The Balaban J connectivity index is 2.30. The van der Waals surface area contributed by atoms with E-state index in [1.54, 1.807) is 26.0 Å². The first-order valence-corrected chi connectivity index (χ1v) is 7.90. The fourth-order valence-corrected chi connectivity index (χ4v) is 3.50. The second-order valence-electron chi connectivity index (χ2n) is 4.95. The summed E-state index contributed by atoms with van der Waals surface area (Å²) in [6.07, 6.45) is 7.46. The van der Waals surface area contributed by atoms with Crippen LogP contribution in [0, 0.1) is 13.8 Å². The molecular weight excluding hydrogens is 262 g/mol. The van der Waals surface area contributed by atoms with E-state index < -0.39 is 10.0 Å². The number of sulfonamides is 1. The van der Waals surface area contributed by atoms with Crippen molar-refractivity contribution in [3.05, 3.63) is 35.4 Å². The van der Waals surface area contributed by atoms with Crippen molar-refractivity contribution >= 4 is 10.0 Å². The summed E-state index contributed by atoms with van der Waals surface area (Å²) in [5, 5.41) is 5.21. The van der Waals surface area contributed by atoms with Crippen LogP contribution in [0.2, 0.25) is 0 Å². The molecule has 19 heavy (non-hydrogen) atoms. The van der Waals surface area contributed by atoms with Crippen molar-refractivity contribution < 1.29 is 13.2 Å². The molecule has 2 N–H and O–H groups in total. The molecular formula is C14H19NO3S. The Kier molecular flexibility index (Phi) is 3.96. The van der Waals surface area contributed by atoms with E-state index >= 15 is 0 Å². The Morgan fingerprint density at radius 2 is 1.89 bits per heavy atom. The highest BCUT2D eigenvalue weighted by molar-refractivity contribution is 7.89. The van der Waals surface area contributed by atoms with Gasteiger partial charge in [-0.25, -0.2) is 13.6 Å². The van der Waals surface area contributed by atoms with Gasteiger partial charge in [0.05, 0.1) is 4.90 Å². The van der Waals surface area contributed by atoms with E-state index in [9.17, 15) is 8.42 Å². The van der Waals surface area contributed by atoms with Crippen LogP contribution < -0.4 is 9.88 Å². The van der Waals surface area contributed by atoms with Crippen LogP contribution in [0.3, 0.4) is 0 Å². The summed E-state index contributed by atoms with van der Waals surface area (Å²) >= 11 is 0. The third-order valence-electron chi connectivity index (χ3n) is 3.22. The molecule has 0 amide bonds. The highest BCUT2D eigenvalue weighted by Crippen LogP contribution is 2.27. The number of hydrogen-bond acceptors (Lipinski definition) is 3. The molecule has 1 aromatic rings. The molecule has 4 nitrogen and oxygen atoms in total. The van der Waals surface area contributed by atoms with E-state index in [4.69, 9.17) is 9.88 Å². The zero-order valence-electron chi connectivity index (χ0n) is 11.2. The average molecular weight is 281 g/mol. The van der Waals surface area contributed by atoms with Crippen molar-refractivity contribution in [1.82, 2.24) is 0 Å². The summed E-state index contributed by atoms with van der Waals surface area (Å²) in [4.78, 5) is 0.194. The van der Waals surface area contributed by atoms with E-state index in [1.165, 1.54) is 0 Å². The number of ether oxygens (including phenoxy) is 1. The van der Waals surface area contributed by atoms with Crippen LogP contribution in [-0.4, -0.2) is 14.5 Å². The van der Waals surface area contributed by atoms with E-state index in [0.29, 0.717) is 16.9 Å². The Morgan fingerprint density at radius 3 is 2.37 bits per heavy atom. The van der Waals surface area contributed by atoms with Crippen LogP contribution in [0.4, 0.5) is 0 Å². The van der Waals surface area contributed by atoms with Crippen LogP contribution in [0.5, 0.6) is 5.75 Å². The Labute approximate surface area is 114 Å². The molecule has 0 saturated carbocycles. The Bertz CT molecular complexity index is 582. The highest BCUT2D eigenvalue weighted by Gasteiger charge is 2.17.